The number of halogens is 2. The molecule has 0 fully saturated rings. The summed E-state index contributed by atoms with van der Waals surface area (Å²) >= 11 is -0.904. The summed E-state index contributed by atoms with van der Waals surface area (Å²) in [7, 11) is 0. The first-order valence-corrected chi connectivity index (χ1v) is 16.1. The number of hydrogen-bond donors (Lipinski definition) is 0. The van der Waals surface area contributed by atoms with Crippen molar-refractivity contribution in [1.82, 2.24) is 0 Å². The van der Waals surface area contributed by atoms with E-state index in [1.54, 1.807) is 22.3 Å². The van der Waals surface area contributed by atoms with E-state index in [1.165, 1.54) is 49.4 Å². The van der Waals surface area contributed by atoms with Crippen LogP contribution in [0.25, 0.3) is 45.3 Å². The molecule has 0 spiro atoms. The molecule has 188 valence electrons. The van der Waals surface area contributed by atoms with Gasteiger partial charge in [0.05, 0.1) is 0 Å². The first-order chi connectivity index (χ1) is 18.2. The van der Waals surface area contributed by atoms with Crippen molar-refractivity contribution in [1.29, 1.82) is 0 Å². The summed E-state index contributed by atoms with van der Waals surface area (Å²) in [5.74, 6) is 0. The topological polar surface area (TPSA) is 0 Å². The maximum atomic E-state index is 2.53. The van der Waals surface area contributed by atoms with E-state index >= 15 is 0 Å². The molecule has 39 heavy (non-hydrogen) atoms. The first-order valence-electron chi connectivity index (χ1n) is 13.2. The van der Waals surface area contributed by atoms with E-state index in [1.807, 2.05) is 0 Å². The monoisotopic (exact) mass is 618 g/mol. The van der Waals surface area contributed by atoms with Gasteiger partial charge in [-0.25, -0.2) is 0 Å². The van der Waals surface area contributed by atoms with Crippen molar-refractivity contribution in [2.75, 3.05) is 0 Å². The average molecular weight is 621 g/mol. The Balaban J connectivity index is 0.00000138. The summed E-state index contributed by atoms with van der Waals surface area (Å²) in [5, 5.41) is 5.55. The molecule has 3 aliphatic rings. The molecular weight excluding hydrogens is 595 g/mol. The van der Waals surface area contributed by atoms with Gasteiger partial charge in [-0.15, -0.1) is 0 Å². The molecule has 0 N–H and O–H groups in total. The predicted octanol–water partition coefficient (Wildman–Crippen LogP) is 3.62. The molecule has 0 aromatic heterocycles. The Morgan fingerprint density at radius 3 is 2.26 bits per heavy atom. The molecule has 0 nitrogen and oxygen atoms in total. The van der Waals surface area contributed by atoms with Gasteiger partial charge in [0.25, 0.3) is 0 Å². The molecule has 0 aliphatic heterocycles. The van der Waals surface area contributed by atoms with Crippen LogP contribution in [0.15, 0.2) is 108 Å². The minimum Gasteiger partial charge on any atom is -1.00 e. The van der Waals surface area contributed by atoms with Crippen LogP contribution in [-0.2, 0) is 23.2 Å². The zero-order valence-electron chi connectivity index (χ0n) is 21.6. The number of fused-ring (bicyclic) bond motifs is 4. The standard InChI is InChI=1S/C22H15.C14H11.2ClH.Zr/c1-2-6-18-12-15(11-17(18)5-1)13-20-14-19-9-3-7-16-8-4-10-21(20)22(16)19;1-10-8-12-7-6-11-4-2-3-5-13(11)14(12)9-10;;;/h1-12,14H,13H2;2-9H,1H3;2*1H;/q;;;;+2/p-2. The van der Waals surface area contributed by atoms with E-state index in [-0.39, 0.29) is 24.8 Å². The van der Waals surface area contributed by atoms with Crippen LogP contribution in [0.5, 0.6) is 0 Å². The van der Waals surface area contributed by atoms with Gasteiger partial charge in [0, 0.05) is 0 Å². The summed E-state index contributed by atoms with van der Waals surface area (Å²) in [5.41, 5.74) is 13.6. The van der Waals surface area contributed by atoms with Gasteiger partial charge in [-0.1, -0.05) is 0 Å². The number of hydrogen-bond acceptors (Lipinski definition) is 0. The second kappa shape index (κ2) is 10.4. The molecule has 5 aromatic carbocycles. The summed E-state index contributed by atoms with van der Waals surface area (Å²) in [4.78, 5) is 0. The molecule has 0 radical (unpaired) electrons. The van der Waals surface area contributed by atoms with Crippen molar-refractivity contribution in [2.45, 2.75) is 20.6 Å². The summed E-state index contributed by atoms with van der Waals surface area (Å²) in [6.07, 6.45) is 8.52. The van der Waals surface area contributed by atoms with Crippen molar-refractivity contribution in [3.05, 3.63) is 142 Å². The van der Waals surface area contributed by atoms with Gasteiger partial charge in [-0.3, -0.25) is 0 Å². The van der Waals surface area contributed by atoms with E-state index in [2.05, 4.69) is 122 Å². The van der Waals surface area contributed by atoms with Crippen molar-refractivity contribution in [3.63, 3.8) is 0 Å². The van der Waals surface area contributed by atoms with Gasteiger partial charge in [0.1, 0.15) is 0 Å². The van der Waals surface area contributed by atoms with Crippen molar-refractivity contribution >= 4 is 45.3 Å². The van der Waals surface area contributed by atoms with Crippen LogP contribution in [0.2, 0.25) is 0 Å². The predicted molar refractivity (Wildman–Crippen MR) is 154 cm³/mol. The molecular formula is C36H26Cl2Zr. The van der Waals surface area contributed by atoms with Gasteiger partial charge < -0.3 is 24.8 Å². The van der Waals surface area contributed by atoms with Crippen molar-refractivity contribution in [2.24, 2.45) is 0 Å². The zero-order chi connectivity index (χ0) is 24.5. The molecule has 0 amide bonds. The van der Waals surface area contributed by atoms with Crippen LogP contribution < -0.4 is 24.8 Å². The van der Waals surface area contributed by atoms with Gasteiger partial charge in [0.2, 0.25) is 0 Å². The quantitative estimate of drug-likeness (QED) is 0.288. The maximum Gasteiger partial charge on any atom is -1.00 e. The van der Waals surface area contributed by atoms with Gasteiger partial charge >= 0.3 is 231 Å². The molecule has 0 heterocycles. The van der Waals surface area contributed by atoms with E-state index in [9.17, 15) is 0 Å². The van der Waals surface area contributed by atoms with Crippen LogP contribution >= 0.6 is 0 Å². The van der Waals surface area contributed by atoms with Gasteiger partial charge in [-0.2, -0.15) is 0 Å². The van der Waals surface area contributed by atoms with Crippen LogP contribution in [0.1, 0.15) is 54.0 Å². The molecule has 2 atom stereocenters. The third kappa shape index (κ3) is 4.22. The Kier molecular flexibility index (Phi) is 7.05. The second-order valence-electron chi connectivity index (χ2n) is 10.7. The zero-order valence-corrected chi connectivity index (χ0v) is 25.6. The van der Waals surface area contributed by atoms with E-state index < -0.39 is 23.2 Å². The van der Waals surface area contributed by atoms with E-state index in [4.69, 9.17) is 0 Å². The first kappa shape index (κ1) is 26.5. The Hall–Kier alpha value is -2.70. The Labute approximate surface area is 253 Å². The number of allylic oxidation sites excluding steroid dienone is 3. The van der Waals surface area contributed by atoms with Gasteiger partial charge in [-0.05, 0) is 0 Å². The summed E-state index contributed by atoms with van der Waals surface area (Å²) in [6.45, 7) is 2.38. The molecule has 5 aromatic rings. The van der Waals surface area contributed by atoms with Gasteiger partial charge in [0.15, 0.2) is 0 Å². The Morgan fingerprint density at radius 2 is 1.36 bits per heavy atom. The Bertz CT molecular complexity index is 1850. The fraction of sp³-hybridized carbons (Fsp3) is 0.111. The van der Waals surface area contributed by atoms with Crippen molar-refractivity contribution < 1.29 is 48.0 Å². The van der Waals surface area contributed by atoms with Crippen LogP contribution in [0.3, 0.4) is 0 Å². The molecule has 0 bridgehead atoms. The van der Waals surface area contributed by atoms with Crippen molar-refractivity contribution in [3.8, 4) is 0 Å². The fourth-order valence-electron chi connectivity index (χ4n) is 6.80. The van der Waals surface area contributed by atoms with E-state index in [0.717, 1.165) is 6.42 Å². The molecule has 0 saturated carbocycles. The summed E-state index contributed by atoms with van der Waals surface area (Å²) < 4.78 is 1.23. The molecule has 0 saturated heterocycles. The van der Waals surface area contributed by atoms with Crippen LogP contribution in [0.4, 0.5) is 0 Å². The SMILES string of the molecule is CC1=Cc2c(ccc3ccccc23)[CH]1[Zr+2][CH]1C(CC2=Cc3cccc4cccc2c34)=Cc2ccccc21.[Cl-].[Cl-]. The second-order valence-corrected chi connectivity index (χ2v) is 14.3. The molecule has 3 heteroatoms. The average Bonchev–Trinajstić information content (AvgIpc) is 3.57. The largest absolute Gasteiger partial charge is 1.00 e. The van der Waals surface area contributed by atoms with E-state index in [0.29, 0.717) is 7.25 Å². The smallest absolute Gasteiger partial charge is 1.00 e. The minimum atomic E-state index is -0.904. The van der Waals surface area contributed by atoms with Crippen LogP contribution in [0, 0.1) is 0 Å². The third-order valence-corrected chi connectivity index (χ3v) is 13.7. The third-order valence-electron chi connectivity index (χ3n) is 8.50. The normalized spacial score (nSPS) is 17.9. The number of rotatable bonds is 4. The molecule has 2 unspecified atom stereocenters. The molecule has 3 aliphatic carbocycles. The summed E-state index contributed by atoms with van der Waals surface area (Å²) in [6, 6.07) is 36.3. The fourth-order valence-corrected chi connectivity index (χ4v) is 11.6. The minimum absolute atomic E-state index is 0. The number of benzene rings is 5. The Morgan fingerprint density at radius 1 is 0.615 bits per heavy atom. The molecule has 8 rings (SSSR count). The maximum absolute atomic E-state index is 2.53. The van der Waals surface area contributed by atoms with Crippen LogP contribution in [-0.4, -0.2) is 0 Å².